The zero-order valence-corrected chi connectivity index (χ0v) is 18.1. The number of ether oxygens (including phenoxy) is 1. The molecule has 2 fully saturated rings. The zero-order chi connectivity index (χ0) is 22.5. The van der Waals surface area contributed by atoms with Crippen LogP contribution in [-0.4, -0.2) is 81.8 Å². The van der Waals surface area contributed by atoms with Crippen molar-refractivity contribution in [1.29, 1.82) is 0 Å². The Balaban J connectivity index is 1.81. The summed E-state index contributed by atoms with van der Waals surface area (Å²) in [4.78, 5) is 51.8. The molecule has 30 heavy (non-hydrogen) atoms. The van der Waals surface area contributed by atoms with Gasteiger partial charge in [-0.1, -0.05) is 0 Å². The summed E-state index contributed by atoms with van der Waals surface area (Å²) in [5.41, 5.74) is 4.20. The van der Waals surface area contributed by atoms with Gasteiger partial charge in [0.1, 0.15) is 5.60 Å². The second-order valence-corrected chi connectivity index (χ2v) is 8.64. The second-order valence-electron chi connectivity index (χ2n) is 8.64. The number of likely N-dealkylation sites (tertiary alicyclic amines) is 1. The molecule has 2 saturated heterocycles. The molecule has 0 bridgehead atoms. The van der Waals surface area contributed by atoms with Crippen LogP contribution in [0.1, 0.15) is 53.4 Å². The van der Waals surface area contributed by atoms with Crippen LogP contribution in [0.2, 0.25) is 0 Å². The van der Waals surface area contributed by atoms with E-state index in [1.165, 1.54) is 9.80 Å². The molecule has 5 amide bonds. The predicted octanol–water partition coefficient (Wildman–Crippen LogP) is 1.08. The van der Waals surface area contributed by atoms with Crippen molar-refractivity contribution in [2.45, 2.75) is 65.0 Å². The van der Waals surface area contributed by atoms with Gasteiger partial charge >= 0.3 is 12.1 Å². The van der Waals surface area contributed by atoms with Crippen molar-refractivity contribution < 1.29 is 29.1 Å². The van der Waals surface area contributed by atoms with E-state index in [2.05, 4.69) is 10.9 Å². The maximum Gasteiger partial charge on any atom is 0.410 e. The van der Waals surface area contributed by atoms with Gasteiger partial charge in [-0.2, -0.15) is 0 Å². The molecule has 2 heterocycles. The van der Waals surface area contributed by atoms with E-state index in [0.29, 0.717) is 37.4 Å². The van der Waals surface area contributed by atoms with E-state index in [4.69, 9.17) is 4.74 Å². The first-order chi connectivity index (χ1) is 14.0. The third-order valence-corrected chi connectivity index (χ3v) is 5.11. The van der Waals surface area contributed by atoms with Crippen LogP contribution in [0.15, 0.2) is 0 Å². The molecular weight excluding hydrogens is 394 g/mol. The number of rotatable bonds is 4. The van der Waals surface area contributed by atoms with E-state index < -0.39 is 29.6 Å². The number of piperidine rings is 1. The van der Waals surface area contributed by atoms with Crippen molar-refractivity contribution in [2.75, 3.05) is 26.2 Å². The number of carbonyl (C=O) groups is 4. The van der Waals surface area contributed by atoms with E-state index in [0.717, 1.165) is 0 Å². The maximum absolute atomic E-state index is 12.5. The van der Waals surface area contributed by atoms with Crippen molar-refractivity contribution >= 4 is 23.9 Å². The third kappa shape index (κ3) is 6.48. The van der Waals surface area contributed by atoms with Crippen LogP contribution in [0.5, 0.6) is 0 Å². The average Bonchev–Trinajstić information content (AvgIpc) is 2.68. The lowest BCUT2D eigenvalue weighted by molar-refractivity contribution is -0.133. The fourth-order valence-corrected chi connectivity index (χ4v) is 3.61. The molecule has 0 spiro atoms. The Hall–Kier alpha value is -2.56. The summed E-state index contributed by atoms with van der Waals surface area (Å²) >= 11 is 0. The van der Waals surface area contributed by atoms with Crippen molar-refractivity contribution in [2.24, 2.45) is 5.92 Å². The van der Waals surface area contributed by atoms with Crippen molar-refractivity contribution in [3.05, 3.63) is 0 Å². The van der Waals surface area contributed by atoms with Crippen molar-refractivity contribution in [3.63, 3.8) is 0 Å². The summed E-state index contributed by atoms with van der Waals surface area (Å²) in [5, 5.41) is 10.2. The number of urea groups is 1. The molecule has 11 heteroatoms. The fourth-order valence-electron chi connectivity index (χ4n) is 3.61. The number of hydrazine groups is 1. The quantitative estimate of drug-likeness (QED) is 0.454. The smallest absolute Gasteiger partial charge is 0.410 e. The minimum atomic E-state index is -0.611. The standard InChI is InChI=1S/C19H33N5O6/c1-5-23-14(8-10-24(29)17(23)27)11-15(25)20-21-16(26)13-7-6-9-22(12-13)18(28)30-19(2,3)4/h13-14,29H,5-12H2,1-4H3,(H,20,25)(H,21,26). The molecular formula is C19H33N5O6. The third-order valence-electron chi connectivity index (χ3n) is 5.11. The minimum absolute atomic E-state index is 0.0163. The van der Waals surface area contributed by atoms with Crippen molar-refractivity contribution in [3.8, 4) is 0 Å². The number of hydrogen-bond donors (Lipinski definition) is 3. The molecule has 0 aromatic carbocycles. The number of carbonyl (C=O) groups excluding carboxylic acids is 4. The lowest BCUT2D eigenvalue weighted by Crippen LogP contribution is -2.55. The van der Waals surface area contributed by atoms with E-state index >= 15 is 0 Å². The molecule has 2 rings (SSSR count). The number of nitrogens with one attached hydrogen (secondary N) is 2. The molecule has 0 aromatic heterocycles. The lowest BCUT2D eigenvalue weighted by atomic mass is 9.98. The number of hydroxylamine groups is 2. The van der Waals surface area contributed by atoms with Crippen LogP contribution in [0, 0.1) is 5.92 Å². The zero-order valence-electron chi connectivity index (χ0n) is 18.1. The summed E-state index contributed by atoms with van der Waals surface area (Å²) in [5.74, 6) is -1.24. The average molecular weight is 428 g/mol. The maximum atomic E-state index is 12.5. The minimum Gasteiger partial charge on any atom is -0.444 e. The van der Waals surface area contributed by atoms with Crippen LogP contribution < -0.4 is 10.9 Å². The van der Waals surface area contributed by atoms with E-state index in [-0.39, 0.29) is 31.5 Å². The highest BCUT2D eigenvalue weighted by Crippen LogP contribution is 2.20. The summed E-state index contributed by atoms with van der Waals surface area (Å²) < 4.78 is 5.36. The molecule has 0 radical (unpaired) electrons. The first-order valence-electron chi connectivity index (χ1n) is 10.4. The van der Waals surface area contributed by atoms with Gasteiger partial charge in [0.05, 0.1) is 12.5 Å². The SMILES string of the molecule is CCN1C(=O)N(O)CCC1CC(=O)NNC(=O)C1CCCN(C(=O)OC(C)(C)C)C1. The Kier molecular flexibility index (Phi) is 7.88. The van der Waals surface area contributed by atoms with Crippen LogP contribution in [-0.2, 0) is 14.3 Å². The number of hydrogen-bond acceptors (Lipinski definition) is 6. The Morgan fingerprint density at radius 1 is 1.17 bits per heavy atom. The van der Waals surface area contributed by atoms with Gasteiger partial charge in [-0.25, -0.2) is 14.7 Å². The van der Waals surface area contributed by atoms with Gasteiger partial charge in [0.25, 0.3) is 0 Å². The molecule has 2 aliphatic heterocycles. The Bertz CT molecular complexity index is 664. The summed E-state index contributed by atoms with van der Waals surface area (Å²) in [6, 6.07) is -0.879. The molecule has 0 aromatic rings. The van der Waals surface area contributed by atoms with Crippen LogP contribution >= 0.6 is 0 Å². The van der Waals surface area contributed by atoms with Crippen LogP contribution in [0.4, 0.5) is 9.59 Å². The van der Waals surface area contributed by atoms with Crippen LogP contribution in [0.3, 0.4) is 0 Å². The summed E-state index contributed by atoms with van der Waals surface area (Å²) in [6.07, 6.45) is 1.28. The van der Waals surface area contributed by atoms with E-state index in [1.807, 2.05) is 0 Å². The predicted molar refractivity (Wildman–Crippen MR) is 106 cm³/mol. The lowest BCUT2D eigenvalue weighted by Gasteiger charge is -2.38. The molecule has 2 unspecified atom stereocenters. The molecule has 11 nitrogen and oxygen atoms in total. The number of amides is 5. The Morgan fingerprint density at radius 3 is 2.50 bits per heavy atom. The fraction of sp³-hybridized carbons (Fsp3) is 0.789. The molecule has 0 saturated carbocycles. The van der Waals surface area contributed by atoms with Gasteiger partial charge in [-0.05, 0) is 47.0 Å². The second kappa shape index (κ2) is 9.96. The van der Waals surface area contributed by atoms with Gasteiger partial charge in [0.15, 0.2) is 0 Å². The highest BCUT2D eigenvalue weighted by molar-refractivity contribution is 5.84. The monoisotopic (exact) mass is 427 g/mol. The highest BCUT2D eigenvalue weighted by Gasteiger charge is 2.34. The molecule has 0 aliphatic carbocycles. The Labute approximate surface area is 176 Å². The van der Waals surface area contributed by atoms with Gasteiger partial charge in [0, 0.05) is 32.1 Å². The van der Waals surface area contributed by atoms with E-state index in [1.54, 1.807) is 27.7 Å². The molecule has 3 N–H and O–H groups in total. The highest BCUT2D eigenvalue weighted by atomic mass is 16.6. The first-order valence-corrected chi connectivity index (χ1v) is 10.4. The largest absolute Gasteiger partial charge is 0.444 e. The summed E-state index contributed by atoms with van der Waals surface area (Å²) in [7, 11) is 0. The number of nitrogens with zero attached hydrogens (tertiary/aromatic N) is 3. The molecule has 170 valence electrons. The van der Waals surface area contributed by atoms with Crippen molar-refractivity contribution in [1.82, 2.24) is 25.7 Å². The van der Waals surface area contributed by atoms with Gasteiger partial charge in [-0.3, -0.25) is 25.6 Å². The molecule has 2 aliphatic rings. The molecule has 2 atom stereocenters. The van der Waals surface area contributed by atoms with Gasteiger partial charge in [0.2, 0.25) is 11.8 Å². The topological polar surface area (TPSA) is 132 Å². The van der Waals surface area contributed by atoms with Crippen LogP contribution in [0.25, 0.3) is 0 Å². The Morgan fingerprint density at radius 2 is 1.87 bits per heavy atom. The van der Waals surface area contributed by atoms with E-state index in [9.17, 15) is 24.4 Å². The van der Waals surface area contributed by atoms with Gasteiger partial charge in [-0.15, -0.1) is 0 Å². The normalized spacial score (nSPS) is 22.6. The van der Waals surface area contributed by atoms with Gasteiger partial charge < -0.3 is 14.5 Å². The summed E-state index contributed by atoms with van der Waals surface area (Å²) in [6.45, 7) is 8.39. The first kappa shape index (κ1) is 23.7.